The summed E-state index contributed by atoms with van der Waals surface area (Å²) in [6.45, 7) is 10.3. The van der Waals surface area contributed by atoms with Gasteiger partial charge in [-0.05, 0) is 82.8 Å². The van der Waals surface area contributed by atoms with E-state index in [9.17, 15) is 18.6 Å². The number of pyridine rings is 1. The summed E-state index contributed by atoms with van der Waals surface area (Å²) in [6, 6.07) is 11.9. The second-order valence-corrected chi connectivity index (χ2v) is 13.7. The van der Waals surface area contributed by atoms with Gasteiger partial charge in [0.2, 0.25) is 0 Å². The lowest BCUT2D eigenvalue weighted by Gasteiger charge is -2.21. The van der Waals surface area contributed by atoms with Crippen molar-refractivity contribution in [1.29, 1.82) is 0 Å². The molecule has 3 aromatic rings. The average Bonchev–Trinajstić information content (AvgIpc) is 3.32. The number of benzene rings is 1. The smallest absolute Gasteiger partial charge is 0.442 e. The number of nitrogens with one attached hydrogen (secondary N) is 2. The zero-order valence-electron chi connectivity index (χ0n) is 22.9. The Balaban J connectivity index is 1.86. The molecule has 1 unspecified atom stereocenters. The molecule has 0 spiro atoms. The molecule has 39 heavy (non-hydrogen) atoms. The standard InChI is InChI=1S/C27H32N4O6S2/c1-26(2,3)36-24(33)30-19-12-10-17(21-9-8-14-38-21)15-20(19)29-23(32)18-11-13-22(28-16-18)39(7,35)31-25(34)37-27(4,5)6/h8-16H,1-7H3,(H,29,32)(H,30,33). The van der Waals surface area contributed by atoms with Crippen LogP contribution >= 0.6 is 11.3 Å². The minimum Gasteiger partial charge on any atom is -0.444 e. The van der Waals surface area contributed by atoms with Gasteiger partial charge in [0.05, 0.1) is 16.9 Å². The van der Waals surface area contributed by atoms with Gasteiger partial charge < -0.3 is 14.8 Å². The SMILES string of the molecule is CC(C)(C)OC(=O)N=S(C)(=O)c1ccc(C(=O)Nc2cc(-c3cccs3)ccc2NC(=O)OC(C)(C)C)cn1. The molecule has 2 aromatic heterocycles. The molecule has 0 aliphatic rings. The molecule has 0 radical (unpaired) electrons. The Bertz CT molecular complexity index is 1480. The van der Waals surface area contributed by atoms with Gasteiger partial charge in [0, 0.05) is 17.3 Å². The number of thiophene rings is 1. The van der Waals surface area contributed by atoms with Gasteiger partial charge in [-0.3, -0.25) is 10.1 Å². The van der Waals surface area contributed by atoms with E-state index in [4.69, 9.17) is 9.47 Å². The Labute approximate surface area is 232 Å². The van der Waals surface area contributed by atoms with Crippen LogP contribution in [0.5, 0.6) is 0 Å². The molecular weight excluding hydrogens is 540 g/mol. The second-order valence-electron chi connectivity index (χ2n) is 10.6. The molecule has 1 atom stereocenters. The highest BCUT2D eigenvalue weighted by Crippen LogP contribution is 2.32. The third-order valence-electron chi connectivity index (χ3n) is 4.74. The second kappa shape index (κ2) is 11.5. The van der Waals surface area contributed by atoms with Crippen LogP contribution < -0.4 is 10.6 Å². The first-order chi connectivity index (χ1) is 18.0. The van der Waals surface area contributed by atoms with Crippen LogP contribution in [0.2, 0.25) is 0 Å². The van der Waals surface area contributed by atoms with E-state index in [0.29, 0.717) is 11.4 Å². The zero-order chi connectivity index (χ0) is 29.0. The lowest BCUT2D eigenvalue weighted by atomic mass is 10.1. The van der Waals surface area contributed by atoms with Crippen molar-refractivity contribution in [3.63, 3.8) is 0 Å². The first kappa shape index (κ1) is 29.8. The third-order valence-corrected chi connectivity index (χ3v) is 7.17. The number of nitrogens with zero attached hydrogens (tertiary/aromatic N) is 2. The third kappa shape index (κ3) is 8.89. The molecule has 0 saturated heterocycles. The lowest BCUT2D eigenvalue weighted by Crippen LogP contribution is -2.27. The van der Waals surface area contributed by atoms with Gasteiger partial charge in [-0.2, -0.15) is 0 Å². The molecule has 12 heteroatoms. The summed E-state index contributed by atoms with van der Waals surface area (Å²) in [5.41, 5.74) is 0.207. The maximum atomic E-state index is 13.1. The van der Waals surface area contributed by atoms with Gasteiger partial charge >= 0.3 is 12.2 Å². The van der Waals surface area contributed by atoms with E-state index in [1.165, 1.54) is 35.9 Å². The molecule has 208 valence electrons. The Morgan fingerprint density at radius 2 is 1.62 bits per heavy atom. The molecule has 1 aromatic carbocycles. The highest BCUT2D eigenvalue weighted by atomic mass is 32.2. The van der Waals surface area contributed by atoms with E-state index < -0.39 is 39.0 Å². The van der Waals surface area contributed by atoms with Crippen molar-refractivity contribution in [1.82, 2.24) is 4.98 Å². The molecule has 0 bridgehead atoms. The fourth-order valence-electron chi connectivity index (χ4n) is 3.17. The summed E-state index contributed by atoms with van der Waals surface area (Å²) >= 11 is 1.53. The van der Waals surface area contributed by atoms with Crippen LogP contribution in [0.25, 0.3) is 10.4 Å². The molecule has 0 saturated carbocycles. The number of hydrogen-bond donors (Lipinski definition) is 2. The Hall–Kier alpha value is -3.77. The van der Waals surface area contributed by atoms with E-state index in [1.54, 1.807) is 53.7 Å². The quantitative estimate of drug-likeness (QED) is 0.343. The highest BCUT2D eigenvalue weighted by Gasteiger charge is 2.21. The molecule has 2 heterocycles. The normalized spacial score (nSPS) is 13.1. The summed E-state index contributed by atoms with van der Waals surface area (Å²) in [7, 11) is -3.20. The van der Waals surface area contributed by atoms with Crippen molar-refractivity contribution < 1.29 is 28.1 Å². The van der Waals surface area contributed by atoms with Crippen molar-refractivity contribution >= 4 is 50.5 Å². The van der Waals surface area contributed by atoms with Crippen molar-refractivity contribution in [2.75, 3.05) is 16.9 Å². The Morgan fingerprint density at radius 1 is 0.923 bits per heavy atom. The summed E-state index contributed by atoms with van der Waals surface area (Å²) in [6.07, 6.45) is 0.875. The number of anilines is 2. The topological polar surface area (TPSA) is 136 Å². The number of aromatic nitrogens is 1. The summed E-state index contributed by atoms with van der Waals surface area (Å²) in [5.74, 6) is -0.517. The minimum atomic E-state index is -3.20. The number of hydrogen-bond acceptors (Lipinski definition) is 8. The van der Waals surface area contributed by atoms with Crippen molar-refractivity contribution in [2.24, 2.45) is 4.36 Å². The monoisotopic (exact) mass is 572 g/mol. The first-order valence-electron chi connectivity index (χ1n) is 11.9. The molecule has 3 amide bonds. The molecule has 10 nitrogen and oxygen atoms in total. The number of carbonyl (C=O) groups excluding carboxylic acids is 3. The summed E-state index contributed by atoms with van der Waals surface area (Å²) in [5, 5.41) is 7.44. The number of rotatable bonds is 5. The van der Waals surface area contributed by atoms with Crippen molar-refractivity contribution in [3.05, 3.63) is 59.6 Å². The first-order valence-corrected chi connectivity index (χ1v) is 14.7. The number of amides is 3. The predicted octanol–water partition coefficient (Wildman–Crippen LogP) is 6.80. The predicted molar refractivity (Wildman–Crippen MR) is 153 cm³/mol. The molecular formula is C27H32N4O6S2. The maximum Gasteiger partial charge on any atom is 0.442 e. The van der Waals surface area contributed by atoms with Crippen LogP contribution in [0.3, 0.4) is 0 Å². The van der Waals surface area contributed by atoms with E-state index in [0.717, 1.165) is 10.4 Å². The van der Waals surface area contributed by atoms with Crippen LogP contribution in [-0.2, 0) is 19.2 Å². The molecule has 2 N–H and O–H groups in total. The summed E-state index contributed by atoms with van der Waals surface area (Å²) < 4.78 is 27.1. The van der Waals surface area contributed by atoms with Gasteiger partial charge in [-0.25, -0.2) is 18.8 Å². The van der Waals surface area contributed by atoms with Crippen molar-refractivity contribution in [2.45, 2.75) is 57.8 Å². The van der Waals surface area contributed by atoms with E-state index in [-0.39, 0.29) is 10.6 Å². The van der Waals surface area contributed by atoms with E-state index in [2.05, 4.69) is 20.0 Å². The zero-order valence-corrected chi connectivity index (χ0v) is 24.5. The fourth-order valence-corrected chi connectivity index (χ4v) is 4.88. The van der Waals surface area contributed by atoms with Crippen LogP contribution in [0.4, 0.5) is 21.0 Å². The van der Waals surface area contributed by atoms with Gasteiger partial charge in [0.25, 0.3) is 5.91 Å². The highest BCUT2D eigenvalue weighted by molar-refractivity contribution is 7.93. The van der Waals surface area contributed by atoms with Gasteiger partial charge in [-0.1, -0.05) is 12.1 Å². The Kier molecular flexibility index (Phi) is 8.81. The maximum absolute atomic E-state index is 13.1. The molecule has 0 fully saturated rings. The van der Waals surface area contributed by atoms with Crippen LogP contribution in [-0.4, -0.2) is 44.7 Å². The molecule has 3 rings (SSSR count). The van der Waals surface area contributed by atoms with Gasteiger partial charge in [0.15, 0.2) is 0 Å². The van der Waals surface area contributed by atoms with Crippen molar-refractivity contribution in [3.8, 4) is 10.4 Å². The average molecular weight is 573 g/mol. The minimum absolute atomic E-state index is 0.0249. The lowest BCUT2D eigenvalue weighted by molar-refractivity contribution is 0.0603. The fraction of sp³-hybridized carbons (Fsp3) is 0.333. The molecule has 0 aliphatic heterocycles. The van der Waals surface area contributed by atoms with E-state index in [1.807, 2.05) is 23.6 Å². The van der Waals surface area contributed by atoms with Crippen LogP contribution in [0.1, 0.15) is 51.9 Å². The largest absolute Gasteiger partial charge is 0.444 e. The van der Waals surface area contributed by atoms with Gasteiger partial charge in [0.1, 0.15) is 26.0 Å². The number of ether oxygens (including phenoxy) is 2. The van der Waals surface area contributed by atoms with E-state index >= 15 is 0 Å². The molecule has 0 aliphatic carbocycles. The van der Waals surface area contributed by atoms with Crippen LogP contribution in [0, 0.1) is 0 Å². The van der Waals surface area contributed by atoms with Gasteiger partial charge in [-0.15, -0.1) is 15.7 Å². The van der Waals surface area contributed by atoms with Crippen LogP contribution in [0.15, 0.2) is 63.4 Å². The number of carbonyl (C=O) groups is 3. The Morgan fingerprint density at radius 3 is 2.18 bits per heavy atom. The summed E-state index contributed by atoms with van der Waals surface area (Å²) in [4.78, 5) is 42.6.